The monoisotopic (exact) mass is 2080 g/mol. The first-order valence-corrected chi connectivity index (χ1v) is 35.9. The van der Waals surface area contributed by atoms with Crippen molar-refractivity contribution in [3.8, 4) is 67.5 Å². The van der Waals surface area contributed by atoms with Crippen LogP contribution in [0.4, 0.5) is 0 Å². The van der Waals surface area contributed by atoms with Gasteiger partial charge in [-0.1, -0.05) is 154 Å². The third kappa shape index (κ3) is 21.4. The Kier molecular flexibility index (Phi) is 20.3. The van der Waals surface area contributed by atoms with Crippen LogP contribution in [0.25, 0.3) is 134 Å². The first kappa shape index (κ1) is 58.0. The Hall–Kier alpha value is -11.0. The quantitative estimate of drug-likeness (QED) is 0.113. The fourth-order valence-corrected chi connectivity index (χ4v) is 12.3. The van der Waals surface area contributed by atoms with Crippen molar-refractivity contribution in [2.75, 3.05) is 0 Å². The van der Waals surface area contributed by atoms with Crippen molar-refractivity contribution in [1.82, 2.24) is 44.9 Å². The topological polar surface area (TPSA) is 155 Å². The van der Waals surface area contributed by atoms with Crippen LogP contribution in [-0.2, 0) is 66.7 Å². The molecule has 0 N–H and O–H groups in total. The number of aromatic nitrogens is 9. The van der Waals surface area contributed by atoms with Gasteiger partial charge in [0.15, 0.2) is 0 Å². The van der Waals surface area contributed by atoms with Crippen LogP contribution in [0.1, 0.15) is 170 Å². The van der Waals surface area contributed by atoms with E-state index in [9.17, 15) is 0 Å². The zero-order valence-corrected chi connectivity index (χ0v) is 71.1. The van der Waals surface area contributed by atoms with Crippen molar-refractivity contribution in [1.29, 1.82) is 0 Å². The van der Waals surface area contributed by atoms with E-state index in [0.29, 0.717) is 72.7 Å². The van der Waals surface area contributed by atoms with Gasteiger partial charge in [0.2, 0.25) is 17.1 Å². The number of pyridine rings is 9. The van der Waals surface area contributed by atoms with Gasteiger partial charge >= 0.3 is 0 Å². The van der Waals surface area contributed by atoms with Crippen LogP contribution in [0, 0.1) is 90.6 Å². The van der Waals surface area contributed by atoms with Gasteiger partial charge in [-0.2, -0.15) is 0 Å². The van der Waals surface area contributed by atoms with Gasteiger partial charge in [-0.3, -0.25) is 0 Å². The molecule has 6 aromatic carbocycles. The van der Waals surface area contributed by atoms with Crippen LogP contribution < -0.4 is 0 Å². The van der Waals surface area contributed by atoms with Crippen molar-refractivity contribution in [3.63, 3.8) is 0 Å². The van der Waals surface area contributed by atoms with Crippen molar-refractivity contribution in [2.45, 2.75) is 127 Å². The minimum Gasteiger partial charge on any atom is -0.486 e. The third-order valence-corrected chi connectivity index (χ3v) is 17.6. The van der Waals surface area contributed by atoms with Crippen LogP contribution >= 0.6 is 0 Å². The van der Waals surface area contributed by atoms with Crippen LogP contribution in [0.2, 0.25) is 0 Å². The second-order valence-electron chi connectivity index (χ2n) is 26.5. The van der Waals surface area contributed by atoms with Crippen molar-refractivity contribution in [3.05, 3.63) is 341 Å². The SMILES string of the molecule is [2H]C([2H])([2H])C([2H])(C)c1ccnc(-c2[c-]ccc3c2oc2nc(C)cc(C)c23)c1.[2H]C([2H])([2H])C([2H])(C)c1cnc(-c2[c-]ccc3c2oc2nc(C)ccc23)cc1C([2H])(C([2H])([2H])[2H])C([2H])([2H])[2H].[2H]C([2H])([2H])c1ccc(-c2[c-]cccc2)nc1.[2H]C([2H])([2H])c1ccc(-c2[c-]cccc2)nc1.[2H]C([2H])([2H])c1ccc(-c2[c-]cccc2)nc1.[2H]C([2H])(c1ccnc(-c2[c-]ccc3c2oc2nc(C)ccc23)c1)C(C)C.[Ir].[Ir].[Ir]. The number of rotatable bonds is 11. The van der Waals surface area contributed by atoms with Gasteiger partial charge in [0, 0.05) is 166 Å². The van der Waals surface area contributed by atoms with E-state index in [1.165, 1.54) is 31.7 Å². The molecule has 18 rings (SSSR count). The van der Waals surface area contributed by atoms with Gasteiger partial charge in [-0.25, -0.2) is 15.0 Å². The van der Waals surface area contributed by atoms with Crippen molar-refractivity contribution >= 4 is 66.2 Å². The predicted molar refractivity (Wildman–Crippen MR) is 460 cm³/mol. The summed E-state index contributed by atoms with van der Waals surface area (Å²) in [6.45, 7) is -4.72. The van der Waals surface area contributed by atoms with Gasteiger partial charge in [0.05, 0.1) is 16.7 Å². The number of aryl methyl sites for hydroxylation is 7. The second kappa shape index (κ2) is 40.5. The third-order valence-electron chi connectivity index (χ3n) is 17.6. The fraction of sp³-hybridized carbons (Fsp3) is 0.198. The standard InChI is InChI=1S/C23H23N2O.2C21H19N2O.3C12H10N.3Ir/c1-13(2)19-11-21(24-12-20(19)14(3)4)18-8-6-7-16-17-10-9-15(5)25-23(17)26-22(16)18;1-12(2)15-8-9-22-18(11-15)16-6-5-7-17-19-13(3)10-14(4)23-21(19)24-20(16)17;1-13(2)11-15-9-10-22-19(12-15)18-6-4-5-16-17-8-7-14(3)23-21(17)24-20(16)18;3*1-10-7-8-12(13-9-10)11-5-3-2-4-6-11;;;/h6-7,9-14H,1-5H3;5,7-12H,1-4H3;4-5,7-10,12-13H,11H2,1-3H3;3*2-5,7-9H,1H3;;;/q6*-1;;;/i1D3,2D3,3D3,13D,14D;1D3,12D;11D2;3*1D3;;;. The molecule has 3 radical (unpaired) electrons. The Bertz CT molecular complexity index is 7170. The van der Waals surface area contributed by atoms with Crippen LogP contribution in [0.3, 0.4) is 0 Å². The first-order valence-electron chi connectivity index (χ1n) is 48.9. The van der Waals surface area contributed by atoms with Gasteiger partial charge in [0.25, 0.3) is 0 Å². The zero-order valence-electron chi connectivity index (χ0n) is 89.9. The summed E-state index contributed by atoms with van der Waals surface area (Å²) in [4.78, 5) is 38.8. The summed E-state index contributed by atoms with van der Waals surface area (Å²) in [6, 6.07) is 78.9. The number of furan rings is 3. The second-order valence-corrected chi connectivity index (χ2v) is 26.5. The molecule has 0 saturated heterocycles. The summed E-state index contributed by atoms with van der Waals surface area (Å²) in [5.41, 5.74) is 14.7. The summed E-state index contributed by atoms with van der Waals surface area (Å²) in [6.07, 6.45) is 6.87. The van der Waals surface area contributed by atoms with E-state index in [4.69, 9.17) is 48.9 Å². The molecule has 0 aliphatic rings. The Labute approximate surface area is 758 Å². The molecule has 18 aromatic rings. The van der Waals surface area contributed by atoms with E-state index in [2.05, 4.69) is 81.3 Å². The van der Waals surface area contributed by atoms with Gasteiger partial charge in [0.1, 0.15) is 0 Å². The summed E-state index contributed by atoms with van der Waals surface area (Å²) in [7, 11) is 0. The number of hydrogen-bond acceptors (Lipinski definition) is 12. The maximum Gasteiger partial charge on any atom is 0.216 e. The minimum atomic E-state index is -3.41. The molecule has 591 valence electrons. The molecular weight excluding hydrogens is 1960 g/mol. The molecule has 116 heavy (non-hydrogen) atoms. The number of fused-ring (bicyclic) bond motifs is 9. The Morgan fingerprint density at radius 2 is 0.810 bits per heavy atom. The molecule has 15 heteroatoms. The zero-order chi connectivity index (χ0) is 101. The Morgan fingerprint density at radius 3 is 1.26 bits per heavy atom. The molecule has 12 heterocycles. The molecule has 0 saturated carbocycles. The van der Waals surface area contributed by atoms with Crippen LogP contribution in [0.15, 0.2) is 257 Å². The largest absolute Gasteiger partial charge is 0.486 e. The van der Waals surface area contributed by atoms with Crippen LogP contribution in [-0.4, -0.2) is 44.9 Å². The van der Waals surface area contributed by atoms with Crippen LogP contribution in [0.5, 0.6) is 0 Å². The molecule has 12 aromatic heterocycles. The molecule has 12 nitrogen and oxygen atoms in total. The molecule has 0 aliphatic carbocycles. The van der Waals surface area contributed by atoms with Crippen molar-refractivity contribution < 1.29 is 109 Å². The molecule has 0 fully saturated rings. The predicted octanol–water partition coefficient (Wildman–Crippen LogP) is 25.9. The van der Waals surface area contributed by atoms with E-state index in [1.807, 2.05) is 138 Å². The van der Waals surface area contributed by atoms with E-state index in [0.717, 1.165) is 103 Å². The van der Waals surface area contributed by atoms with Gasteiger partial charge < -0.3 is 43.2 Å². The van der Waals surface area contributed by atoms with Gasteiger partial charge in [-0.05, 0) is 188 Å². The molecule has 2 atom stereocenters. The molecular formula is C101H91Ir3N9O3-6. The normalized spacial score (nSPS) is 16.1. The molecule has 2 unspecified atom stereocenters. The van der Waals surface area contributed by atoms with E-state index in [1.54, 1.807) is 110 Å². The first-order chi connectivity index (χ1) is 65.0. The fourth-order valence-electron chi connectivity index (χ4n) is 12.3. The summed E-state index contributed by atoms with van der Waals surface area (Å²) in [5, 5.41) is 5.12. The smallest absolute Gasteiger partial charge is 0.216 e. The van der Waals surface area contributed by atoms with Gasteiger partial charge in [-0.15, -0.1) is 162 Å². The van der Waals surface area contributed by atoms with E-state index in [-0.39, 0.29) is 94.2 Å². The summed E-state index contributed by atoms with van der Waals surface area (Å²) in [5.74, 6) is -7.62. The number of nitrogens with zero attached hydrogens (tertiary/aromatic N) is 9. The minimum absolute atomic E-state index is 0. The summed E-state index contributed by atoms with van der Waals surface area (Å²) >= 11 is 0. The average molecular weight is 2080 g/mol. The number of hydrogen-bond donors (Lipinski definition) is 0. The molecule has 0 bridgehead atoms. The Balaban J connectivity index is 0.000000180. The molecule has 0 amide bonds. The molecule has 0 spiro atoms. The average Bonchev–Trinajstić information content (AvgIpc) is 0.770. The number of benzene rings is 6. The maximum atomic E-state index is 8.76. The van der Waals surface area contributed by atoms with E-state index >= 15 is 0 Å². The van der Waals surface area contributed by atoms with Crippen molar-refractivity contribution in [2.24, 2.45) is 5.92 Å². The van der Waals surface area contributed by atoms with E-state index < -0.39 is 83.1 Å². The Morgan fingerprint density at radius 1 is 0.371 bits per heavy atom. The maximum absolute atomic E-state index is 8.76. The summed E-state index contributed by atoms with van der Waals surface area (Å²) < 4.78 is 220. The molecule has 0 aliphatic heterocycles.